The van der Waals surface area contributed by atoms with Gasteiger partial charge in [0.1, 0.15) is 6.04 Å². The topological polar surface area (TPSA) is 55.8 Å². The lowest BCUT2D eigenvalue weighted by molar-refractivity contribution is -0.150. The number of ether oxygens (including phenoxy) is 2. The molecule has 0 heterocycles. The smallest absolute Gasteiger partial charge is 0.410 e. The lowest BCUT2D eigenvalue weighted by Gasteiger charge is -2.26. The van der Waals surface area contributed by atoms with E-state index in [9.17, 15) is 9.59 Å². The highest BCUT2D eigenvalue weighted by atomic mass is 35.5. The molecule has 0 fully saturated rings. The van der Waals surface area contributed by atoms with Crippen LogP contribution in [0.15, 0.2) is 24.3 Å². The van der Waals surface area contributed by atoms with Crippen molar-refractivity contribution in [3.8, 4) is 0 Å². The quantitative estimate of drug-likeness (QED) is 0.712. The first kappa shape index (κ1) is 19.3. The Hall–Kier alpha value is -1.75. The molecule has 23 heavy (non-hydrogen) atoms. The van der Waals surface area contributed by atoms with Crippen molar-refractivity contribution in [2.24, 2.45) is 5.92 Å². The summed E-state index contributed by atoms with van der Waals surface area (Å²) in [7, 11) is 1.54. The zero-order valence-electron chi connectivity index (χ0n) is 14.0. The predicted molar refractivity (Wildman–Crippen MR) is 89.5 cm³/mol. The fourth-order valence-corrected chi connectivity index (χ4v) is 2.05. The van der Waals surface area contributed by atoms with Crippen molar-refractivity contribution in [3.63, 3.8) is 0 Å². The molecule has 1 aromatic rings. The van der Waals surface area contributed by atoms with Gasteiger partial charge in [-0.25, -0.2) is 9.59 Å². The first-order valence-corrected chi connectivity index (χ1v) is 8.03. The number of rotatable bonds is 7. The summed E-state index contributed by atoms with van der Waals surface area (Å²) < 4.78 is 10.3. The molecule has 6 heteroatoms. The highest BCUT2D eigenvalue weighted by Crippen LogP contribution is 2.15. The van der Waals surface area contributed by atoms with Gasteiger partial charge < -0.3 is 9.47 Å². The minimum Gasteiger partial charge on any atom is -0.464 e. The van der Waals surface area contributed by atoms with Crippen LogP contribution in [0.25, 0.3) is 0 Å². The summed E-state index contributed by atoms with van der Waals surface area (Å²) >= 11 is 5.87. The van der Waals surface area contributed by atoms with E-state index < -0.39 is 18.1 Å². The third kappa shape index (κ3) is 6.48. The number of carbonyl (C=O) groups excluding carboxylic acids is 2. The Morgan fingerprint density at radius 2 is 1.78 bits per heavy atom. The van der Waals surface area contributed by atoms with Gasteiger partial charge in [0.2, 0.25) is 0 Å². The normalized spacial score (nSPS) is 11.9. The molecule has 0 N–H and O–H groups in total. The maximum Gasteiger partial charge on any atom is 0.410 e. The van der Waals surface area contributed by atoms with Crippen LogP contribution >= 0.6 is 11.6 Å². The lowest BCUT2D eigenvalue weighted by atomic mass is 10.1. The van der Waals surface area contributed by atoms with E-state index in [1.54, 1.807) is 19.1 Å². The van der Waals surface area contributed by atoms with Crippen molar-refractivity contribution in [3.05, 3.63) is 34.9 Å². The van der Waals surface area contributed by atoms with Gasteiger partial charge in [-0.3, -0.25) is 4.90 Å². The van der Waals surface area contributed by atoms with E-state index in [4.69, 9.17) is 21.1 Å². The van der Waals surface area contributed by atoms with Crippen LogP contribution in [0, 0.1) is 5.92 Å². The highest BCUT2D eigenvalue weighted by molar-refractivity contribution is 6.30. The zero-order chi connectivity index (χ0) is 17.4. The van der Waals surface area contributed by atoms with Crippen LogP contribution in [0.3, 0.4) is 0 Å². The van der Waals surface area contributed by atoms with E-state index in [1.807, 2.05) is 26.0 Å². The summed E-state index contributed by atoms with van der Waals surface area (Å²) in [6.45, 7) is 6.19. The number of likely N-dealkylation sites (N-methyl/N-ethyl adjacent to an activating group) is 1. The highest BCUT2D eigenvalue weighted by Gasteiger charge is 2.29. The third-order valence-corrected chi connectivity index (χ3v) is 3.45. The number of hydrogen-bond acceptors (Lipinski definition) is 4. The van der Waals surface area contributed by atoms with Crippen molar-refractivity contribution in [2.75, 3.05) is 20.3 Å². The van der Waals surface area contributed by atoms with E-state index in [1.165, 1.54) is 11.9 Å². The van der Waals surface area contributed by atoms with Gasteiger partial charge in [-0.1, -0.05) is 37.6 Å². The summed E-state index contributed by atoms with van der Waals surface area (Å²) in [5.74, 6) is -0.216. The molecule has 0 radical (unpaired) electrons. The molecule has 0 spiro atoms. The van der Waals surface area contributed by atoms with Gasteiger partial charge >= 0.3 is 12.1 Å². The molecule has 1 rings (SSSR count). The third-order valence-electron chi connectivity index (χ3n) is 3.20. The Kier molecular flexibility index (Phi) is 7.89. The van der Waals surface area contributed by atoms with Gasteiger partial charge in [0.25, 0.3) is 0 Å². The second-order valence-corrected chi connectivity index (χ2v) is 6.12. The first-order chi connectivity index (χ1) is 10.8. The Balaban J connectivity index is 2.88. The molecular weight excluding hydrogens is 318 g/mol. The summed E-state index contributed by atoms with van der Waals surface area (Å²) in [5.41, 5.74) is 0.886. The lowest BCUT2D eigenvalue weighted by Crippen LogP contribution is -2.45. The van der Waals surface area contributed by atoms with Crippen LogP contribution < -0.4 is 0 Å². The maximum atomic E-state index is 12.4. The number of nitrogens with zero attached hydrogens (tertiary/aromatic N) is 1. The molecule has 0 aromatic heterocycles. The summed E-state index contributed by atoms with van der Waals surface area (Å²) in [4.78, 5) is 25.6. The summed E-state index contributed by atoms with van der Waals surface area (Å²) in [5, 5.41) is 0.617. The molecule has 128 valence electrons. The van der Waals surface area contributed by atoms with Gasteiger partial charge in [0, 0.05) is 18.5 Å². The SMILES string of the molecule is CCOC(=O)N(C)C(Cc1ccc(Cl)cc1)C(=O)OCC(C)C. The number of halogens is 1. The van der Waals surface area contributed by atoms with E-state index in [0.717, 1.165) is 5.56 Å². The van der Waals surface area contributed by atoms with Crippen molar-refractivity contribution in [2.45, 2.75) is 33.2 Å². The largest absolute Gasteiger partial charge is 0.464 e. The molecule has 0 saturated carbocycles. The zero-order valence-corrected chi connectivity index (χ0v) is 14.8. The second-order valence-electron chi connectivity index (χ2n) is 5.68. The molecule has 1 unspecified atom stereocenters. The van der Waals surface area contributed by atoms with Crippen molar-refractivity contribution < 1.29 is 19.1 Å². The van der Waals surface area contributed by atoms with Crippen LogP contribution in [0.1, 0.15) is 26.3 Å². The van der Waals surface area contributed by atoms with Crippen molar-refractivity contribution in [1.29, 1.82) is 0 Å². The van der Waals surface area contributed by atoms with E-state index in [0.29, 0.717) is 18.1 Å². The van der Waals surface area contributed by atoms with Crippen LogP contribution in [0.2, 0.25) is 5.02 Å². The summed E-state index contributed by atoms with van der Waals surface area (Å²) in [6.07, 6.45) is -0.211. The molecule has 0 aliphatic heterocycles. The monoisotopic (exact) mass is 341 g/mol. The first-order valence-electron chi connectivity index (χ1n) is 7.65. The Morgan fingerprint density at radius 1 is 1.17 bits per heavy atom. The fourth-order valence-electron chi connectivity index (χ4n) is 1.92. The molecule has 0 aliphatic carbocycles. The number of hydrogen-bond donors (Lipinski definition) is 0. The molecule has 0 aliphatic rings. The van der Waals surface area contributed by atoms with Crippen molar-refractivity contribution in [1.82, 2.24) is 4.90 Å². The Labute approximate surface area is 142 Å². The number of amides is 1. The molecule has 0 saturated heterocycles. The maximum absolute atomic E-state index is 12.4. The van der Waals surface area contributed by atoms with Crippen LogP contribution in [0.4, 0.5) is 4.79 Å². The number of benzene rings is 1. The molecular formula is C17H24ClNO4. The van der Waals surface area contributed by atoms with Gasteiger partial charge in [-0.15, -0.1) is 0 Å². The molecule has 0 bridgehead atoms. The molecule has 5 nitrogen and oxygen atoms in total. The Morgan fingerprint density at radius 3 is 2.30 bits per heavy atom. The van der Waals surface area contributed by atoms with Gasteiger partial charge in [0.05, 0.1) is 13.2 Å². The molecule has 1 aromatic carbocycles. The molecule has 1 amide bonds. The van der Waals surface area contributed by atoms with Gasteiger partial charge in [0.15, 0.2) is 0 Å². The minimum absolute atomic E-state index is 0.225. The number of carbonyl (C=O) groups is 2. The van der Waals surface area contributed by atoms with Crippen LogP contribution in [-0.2, 0) is 20.7 Å². The predicted octanol–water partition coefficient (Wildman–Crippen LogP) is 3.54. The fraction of sp³-hybridized carbons (Fsp3) is 0.529. The average Bonchev–Trinajstić information content (AvgIpc) is 2.51. The van der Waals surface area contributed by atoms with Crippen LogP contribution in [-0.4, -0.2) is 43.3 Å². The van der Waals surface area contributed by atoms with Crippen LogP contribution in [0.5, 0.6) is 0 Å². The van der Waals surface area contributed by atoms with Crippen molar-refractivity contribution >= 4 is 23.7 Å². The molecule has 1 atom stereocenters. The Bertz CT molecular complexity index is 516. The number of esters is 1. The van der Waals surface area contributed by atoms with E-state index in [-0.39, 0.29) is 12.5 Å². The second kappa shape index (κ2) is 9.40. The minimum atomic E-state index is -0.742. The average molecular weight is 342 g/mol. The van der Waals surface area contributed by atoms with E-state index >= 15 is 0 Å². The van der Waals surface area contributed by atoms with Gasteiger partial charge in [-0.2, -0.15) is 0 Å². The van der Waals surface area contributed by atoms with Gasteiger partial charge in [-0.05, 0) is 30.5 Å². The van der Waals surface area contributed by atoms with E-state index in [2.05, 4.69) is 0 Å². The standard InChI is InChI=1S/C17H24ClNO4/c1-5-22-17(21)19(4)15(16(20)23-11-12(2)3)10-13-6-8-14(18)9-7-13/h6-9,12,15H,5,10-11H2,1-4H3. The summed E-state index contributed by atoms with van der Waals surface area (Å²) in [6, 6.07) is 6.40.